The van der Waals surface area contributed by atoms with E-state index < -0.39 is 0 Å². The van der Waals surface area contributed by atoms with Crippen molar-refractivity contribution in [1.29, 1.82) is 0 Å². The fourth-order valence-corrected chi connectivity index (χ4v) is 0.981. The highest BCUT2D eigenvalue weighted by molar-refractivity contribution is 5.95. The molecule has 1 amide bonds. The number of nitrogens with two attached hydrogens (primary N) is 1. The van der Waals surface area contributed by atoms with Crippen LogP contribution in [0, 0.1) is 6.92 Å². The molecule has 0 saturated carbocycles. The van der Waals surface area contributed by atoms with Crippen LogP contribution in [0.2, 0.25) is 0 Å². The van der Waals surface area contributed by atoms with Crippen molar-refractivity contribution in [3.05, 3.63) is 23.7 Å². The number of halogens is 1. The molecule has 0 spiro atoms. The highest BCUT2D eigenvalue weighted by atomic mass is 35.5. The zero-order valence-corrected chi connectivity index (χ0v) is 9.06. The number of nitrogens with one attached hydrogen (secondary N) is 1. The summed E-state index contributed by atoms with van der Waals surface area (Å²) < 4.78 is 5.01. The van der Waals surface area contributed by atoms with Gasteiger partial charge < -0.3 is 15.5 Å². The lowest BCUT2D eigenvalue weighted by Gasteiger charge is -2.10. The molecule has 0 aliphatic rings. The van der Waals surface area contributed by atoms with Crippen molar-refractivity contribution in [2.24, 2.45) is 5.73 Å². The molecular weight excluding hydrogens is 204 g/mol. The lowest BCUT2D eigenvalue weighted by atomic mass is 10.2. The summed E-state index contributed by atoms with van der Waals surface area (Å²) in [6.45, 7) is 4.04. The maximum absolute atomic E-state index is 11.5. The molecule has 80 valence electrons. The van der Waals surface area contributed by atoms with Gasteiger partial charge in [0.15, 0.2) is 0 Å². The topological polar surface area (TPSA) is 68.3 Å². The summed E-state index contributed by atoms with van der Waals surface area (Å²) in [7, 11) is 0. The maximum Gasteiger partial charge on any atom is 0.255 e. The fourth-order valence-electron chi connectivity index (χ4n) is 0.981. The van der Waals surface area contributed by atoms with Gasteiger partial charge in [0.2, 0.25) is 0 Å². The van der Waals surface area contributed by atoms with E-state index in [0.717, 1.165) is 0 Å². The monoisotopic (exact) mass is 218 g/mol. The highest BCUT2D eigenvalue weighted by Crippen LogP contribution is 2.08. The van der Waals surface area contributed by atoms with Crippen molar-refractivity contribution in [2.75, 3.05) is 6.54 Å². The van der Waals surface area contributed by atoms with E-state index in [1.807, 2.05) is 6.92 Å². The Labute approximate surface area is 89.3 Å². The van der Waals surface area contributed by atoms with Gasteiger partial charge in [0.25, 0.3) is 5.91 Å². The molecule has 0 bridgehead atoms. The van der Waals surface area contributed by atoms with Crippen LogP contribution in [0.5, 0.6) is 0 Å². The minimum atomic E-state index is -0.135. The van der Waals surface area contributed by atoms with Gasteiger partial charge in [-0.2, -0.15) is 0 Å². The van der Waals surface area contributed by atoms with E-state index in [2.05, 4.69) is 5.32 Å². The molecule has 3 N–H and O–H groups in total. The van der Waals surface area contributed by atoms with Gasteiger partial charge in [0.05, 0.1) is 11.8 Å². The van der Waals surface area contributed by atoms with Gasteiger partial charge in [0.1, 0.15) is 5.76 Å². The second-order valence-electron chi connectivity index (χ2n) is 3.00. The highest BCUT2D eigenvalue weighted by Gasteiger charge is 2.12. The normalized spacial score (nSPS) is 11.6. The lowest BCUT2D eigenvalue weighted by Crippen LogP contribution is -2.37. The van der Waals surface area contributed by atoms with Crippen LogP contribution in [0.4, 0.5) is 0 Å². The molecule has 1 atom stereocenters. The lowest BCUT2D eigenvalue weighted by molar-refractivity contribution is 0.0940. The molecular formula is C9H15ClN2O2. The van der Waals surface area contributed by atoms with Gasteiger partial charge in [-0.3, -0.25) is 4.79 Å². The van der Waals surface area contributed by atoms with E-state index in [-0.39, 0.29) is 24.4 Å². The van der Waals surface area contributed by atoms with E-state index in [9.17, 15) is 4.79 Å². The molecule has 1 aromatic heterocycles. The molecule has 0 aromatic carbocycles. The minimum absolute atomic E-state index is 0. The Balaban J connectivity index is 0.00000169. The standard InChI is InChI=1S/C9H14N2O2.ClH/c1-6(5-10)11-9(12)8-3-4-13-7(8)2;/h3-4,6H,5,10H2,1-2H3,(H,11,12);1H/t6-;/m0./s1. The van der Waals surface area contributed by atoms with Crippen LogP contribution < -0.4 is 11.1 Å². The van der Waals surface area contributed by atoms with Gasteiger partial charge in [-0.05, 0) is 19.9 Å². The molecule has 0 fully saturated rings. The molecule has 1 rings (SSSR count). The first-order chi connectivity index (χ1) is 6.15. The number of carbonyl (C=O) groups is 1. The Kier molecular flexibility index (Phi) is 5.27. The molecule has 14 heavy (non-hydrogen) atoms. The molecule has 0 saturated heterocycles. The molecule has 1 heterocycles. The number of amides is 1. The summed E-state index contributed by atoms with van der Waals surface area (Å²) in [6.07, 6.45) is 1.50. The van der Waals surface area contributed by atoms with E-state index in [0.29, 0.717) is 17.9 Å². The third kappa shape index (κ3) is 3.05. The van der Waals surface area contributed by atoms with Crippen molar-refractivity contribution >= 4 is 18.3 Å². The Morgan fingerprint density at radius 3 is 2.79 bits per heavy atom. The van der Waals surface area contributed by atoms with Gasteiger partial charge in [-0.1, -0.05) is 0 Å². The number of hydrogen-bond acceptors (Lipinski definition) is 3. The van der Waals surface area contributed by atoms with Gasteiger partial charge >= 0.3 is 0 Å². The largest absolute Gasteiger partial charge is 0.469 e. The second kappa shape index (κ2) is 5.67. The van der Waals surface area contributed by atoms with Crippen LogP contribution in [0.25, 0.3) is 0 Å². The Morgan fingerprint density at radius 1 is 1.71 bits per heavy atom. The average molecular weight is 219 g/mol. The van der Waals surface area contributed by atoms with Gasteiger partial charge in [-0.15, -0.1) is 12.4 Å². The minimum Gasteiger partial charge on any atom is -0.469 e. The summed E-state index contributed by atoms with van der Waals surface area (Å²) in [6, 6.07) is 1.63. The van der Waals surface area contributed by atoms with Crippen molar-refractivity contribution < 1.29 is 9.21 Å². The summed E-state index contributed by atoms with van der Waals surface area (Å²) in [5, 5.41) is 2.75. The van der Waals surface area contributed by atoms with Gasteiger partial charge in [-0.25, -0.2) is 0 Å². The van der Waals surface area contributed by atoms with Crippen LogP contribution in [0.15, 0.2) is 16.7 Å². The number of rotatable bonds is 3. The smallest absolute Gasteiger partial charge is 0.255 e. The molecule has 0 unspecified atom stereocenters. The first kappa shape index (κ1) is 13.0. The van der Waals surface area contributed by atoms with Crippen LogP contribution in [-0.2, 0) is 0 Å². The summed E-state index contributed by atoms with van der Waals surface area (Å²) in [5.41, 5.74) is 5.94. The molecule has 1 aromatic rings. The van der Waals surface area contributed by atoms with Crippen molar-refractivity contribution in [3.8, 4) is 0 Å². The Morgan fingerprint density at radius 2 is 2.36 bits per heavy atom. The van der Waals surface area contributed by atoms with Crippen molar-refractivity contribution in [3.63, 3.8) is 0 Å². The molecule has 0 aliphatic carbocycles. The molecule has 5 heteroatoms. The van der Waals surface area contributed by atoms with Crippen LogP contribution in [0.3, 0.4) is 0 Å². The molecule has 4 nitrogen and oxygen atoms in total. The fraction of sp³-hybridized carbons (Fsp3) is 0.444. The van der Waals surface area contributed by atoms with Gasteiger partial charge in [0, 0.05) is 12.6 Å². The second-order valence-corrected chi connectivity index (χ2v) is 3.00. The Bertz CT molecular complexity index is 299. The van der Waals surface area contributed by atoms with Crippen LogP contribution >= 0.6 is 12.4 Å². The van der Waals surface area contributed by atoms with Crippen LogP contribution in [0.1, 0.15) is 23.0 Å². The SMILES string of the molecule is Cc1occc1C(=O)N[C@@H](C)CN.Cl. The number of aryl methyl sites for hydroxylation is 1. The van der Waals surface area contributed by atoms with E-state index in [1.165, 1.54) is 6.26 Å². The third-order valence-corrected chi connectivity index (χ3v) is 1.83. The average Bonchev–Trinajstić information content (AvgIpc) is 2.51. The van der Waals surface area contributed by atoms with E-state index >= 15 is 0 Å². The Hall–Kier alpha value is -1.00. The zero-order chi connectivity index (χ0) is 9.84. The van der Waals surface area contributed by atoms with E-state index in [1.54, 1.807) is 13.0 Å². The number of carbonyl (C=O) groups excluding carboxylic acids is 1. The predicted octanol–water partition coefficient (Wildman–Crippen LogP) is 1.09. The number of hydrogen-bond donors (Lipinski definition) is 2. The van der Waals surface area contributed by atoms with Crippen LogP contribution in [-0.4, -0.2) is 18.5 Å². The summed E-state index contributed by atoms with van der Waals surface area (Å²) in [5.74, 6) is 0.492. The molecule has 0 radical (unpaired) electrons. The zero-order valence-electron chi connectivity index (χ0n) is 8.24. The summed E-state index contributed by atoms with van der Waals surface area (Å²) in [4.78, 5) is 11.5. The maximum atomic E-state index is 11.5. The first-order valence-corrected chi connectivity index (χ1v) is 4.20. The summed E-state index contributed by atoms with van der Waals surface area (Å²) >= 11 is 0. The third-order valence-electron chi connectivity index (χ3n) is 1.83. The molecule has 0 aliphatic heterocycles. The first-order valence-electron chi connectivity index (χ1n) is 4.20. The predicted molar refractivity (Wildman–Crippen MR) is 56.7 cm³/mol. The number of furan rings is 1. The van der Waals surface area contributed by atoms with Crippen molar-refractivity contribution in [1.82, 2.24) is 5.32 Å². The van der Waals surface area contributed by atoms with E-state index in [4.69, 9.17) is 10.2 Å². The van der Waals surface area contributed by atoms with Crippen molar-refractivity contribution in [2.45, 2.75) is 19.9 Å². The quantitative estimate of drug-likeness (QED) is 0.798.